The minimum absolute atomic E-state index is 0.0535. The third-order valence-electron chi connectivity index (χ3n) is 3.29. The lowest BCUT2D eigenvalue weighted by Crippen LogP contribution is -2.33. The topological polar surface area (TPSA) is 85.0 Å². The van der Waals surface area contributed by atoms with Gasteiger partial charge in [-0.1, -0.05) is 6.92 Å². The number of rotatable bonds is 7. The van der Waals surface area contributed by atoms with E-state index in [1.807, 2.05) is 39.3 Å². The second-order valence-electron chi connectivity index (χ2n) is 5.44. The van der Waals surface area contributed by atoms with Crippen molar-refractivity contribution in [3.63, 3.8) is 0 Å². The van der Waals surface area contributed by atoms with Crippen LogP contribution in [0.4, 0.5) is 11.5 Å². The van der Waals surface area contributed by atoms with Crippen molar-refractivity contribution in [2.75, 3.05) is 17.6 Å². The molecule has 6 heteroatoms. The summed E-state index contributed by atoms with van der Waals surface area (Å²) in [5.41, 5.74) is 7.48. The Balaban J connectivity index is 2.56. The van der Waals surface area contributed by atoms with Gasteiger partial charge in [-0.05, 0) is 34.1 Å². The predicted molar refractivity (Wildman–Crippen MR) is 82.8 cm³/mol. The normalized spacial score (nSPS) is 12.5. The van der Waals surface area contributed by atoms with Crippen molar-refractivity contribution in [3.05, 3.63) is 5.69 Å². The summed E-state index contributed by atoms with van der Waals surface area (Å²) in [5.74, 6) is 0.853. The van der Waals surface area contributed by atoms with Gasteiger partial charge in [0, 0.05) is 25.0 Å². The van der Waals surface area contributed by atoms with Crippen LogP contribution in [0, 0.1) is 6.92 Å². The summed E-state index contributed by atoms with van der Waals surface area (Å²) < 4.78 is 1.86. The van der Waals surface area contributed by atoms with Crippen LogP contribution in [0.3, 0.4) is 0 Å². The molecule has 6 nitrogen and oxygen atoms in total. The molecule has 1 aromatic heterocycles. The number of nitrogen functional groups attached to an aromatic ring is 1. The second kappa shape index (κ2) is 7.17. The SMILES string of the molecule is CCC(C)NC(=O)CCNc1c(N)c(C)nn1C(C)C. The van der Waals surface area contributed by atoms with Gasteiger partial charge in [0.15, 0.2) is 0 Å². The van der Waals surface area contributed by atoms with Crippen molar-refractivity contribution >= 4 is 17.4 Å². The number of aryl methyl sites for hydroxylation is 1. The third kappa shape index (κ3) is 4.15. The van der Waals surface area contributed by atoms with E-state index in [1.54, 1.807) is 0 Å². The average Bonchev–Trinajstić information content (AvgIpc) is 2.66. The van der Waals surface area contributed by atoms with E-state index in [1.165, 1.54) is 0 Å². The van der Waals surface area contributed by atoms with Gasteiger partial charge in [0.05, 0.1) is 11.4 Å². The molecule has 0 aliphatic carbocycles. The molecule has 1 rings (SSSR count). The zero-order valence-corrected chi connectivity index (χ0v) is 13.2. The first-order chi connectivity index (χ1) is 9.36. The van der Waals surface area contributed by atoms with Crippen molar-refractivity contribution < 1.29 is 4.79 Å². The Morgan fingerprint density at radius 1 is 1.40 bits per heavy atom. The van der Waals surface area contributed by atoms with Crippen LogP contribution >= 0.6 is 0 Å². The molecule has 0 spiro atoms. The minimum Gasteiger partial charge on any atom is -0.394 e. The molecule has 4 N–H and O–H groups in total. The molecule has 0 bridgehead atoms. The summed E-state index contributed by atoms with van der Waals surface area (Å²) in [5, 5.41) is 10.6. The number of carbonyl (C=O) groups excluding carboxylic acids is 1. The summed E-state index contributed by atoms with van der Waals surface area (Å²) in [4.78, 5) is 11.7. The molecule has 0 aliphatic heterocycles. The molecule has 0 saturated heterocycles. The Morgan fingerprint density at radius 2 is 2.05 bits per heavy atom. The molecule has 20 heavy (non-hydrogen) atoms. The van der Waals surface area contributed by atoms with Gasteiger partial charge in [-0.25, -0.2) is 4.68 Å². The van der Waals surface area contributed by atoms with Crippen molar-refractivity contribution in [2.24, 2.45) is 0 Å². The van der Waals surface area contributed by atoms with Gasteiger partial charge in [-0.3, -0.25) is 4.79 Å². The van der Waals surface area contributed by atoms with Crippen LogP contribution in [0.5, 0.6) is 0 Å². The lowest BCUT2D eigenvalue weighted by Gasteiger charge is -2.14. The number of carbonyl (C=O) groups is 1. The number of anilines is 2. The largest absolute Gasteiger partial charge is 0.394 e. The van der Waals surface area contributed by atoms with Gasteiger partial charge < -0.3 is 16.4 Å². The van der Waals surface area contributed by atoms with Gasteiger partial charge in [0.25, 0.3) is 0 Å². The second-order valence-corrected chi connectivity index (χ2v) is 5.44. The van der Waals surface area contributed by atoms with Crippen molar-refractivity contribution in [1.82, 2.24) is 15.1 Å². The zero-order chi connectivity index (χ0) is 15.3. The van der Waals surface area contributed by atoms with Gasteiger partial charge in [-0.2, -0.15) is 5.10 Å². The first-order valence-electron chi connectivity index (χ1n) is 7.24. The minimum atomic E-state index is 0.0535. The van der Waals surface area contributed by atoms with Crippen molar-refractivity contribution in [1.29, 1.82) is 0 Å². The van der Waals surface area contributed by atoms with E-state index < -0.39 is 0 Å². The summed E-state index contributed by atoms with van der Waals surface area (Å²) in [6.45, 7) is 10.6. The first-order valence-corrected chi connectivity index (χ1v) is 7.24. The molecule has 1 aromatic rings. The van der Waals surface area contributed by atoms with Crippen LogP contribution in [-0.4, -0.2) is 28.3 Å². The van der Waals surface area contributed by atoms with Crippen LogP contribution in [0.1, 0.15) is 52.3 Å². The monoisotopic (exact) mass is 281 g/mol. The zero-order valence-electron chi connectivity index (χ0n) is 13.2. The summed E-state index contributed by atoms with van der Waals surface area (Å²) >= 11 is 0. The number of nitrogens with two attached hydrogens (primary N) is 1. The average molecular weight is 281 g/mol. The standard InChI is InChI=1S/C14H27N5O/c1-6-10(4)17-12(20)7-8-16-14-13(15)11(5)18-19(14)9(2)3/h9-10,16H,6-8,15H2,1-5H3,(H,17,20). The van der Waals surface area contributed by atoms with Crippen LogP contribution < -0.4 is 16.4 Å². The number of hydrogen-bond acceptors (Lipinski definition) is 4. The number of aromatic nitrogens is 2. The first kappa shape index (κ1) is 16.3. The summed E-state index contributed by atoms with van der Waals surface area (Å²) in [6, 6.07) is 0.443. The fourth-order valence-corrected chi connectivity index (χ4v) is 1.85. The molecule has 0 aromatic carbocycles. The van der Waals surface area contributed by atoms with Crippen LogP contribution in [-0.2, 0) is 4.79 Å². The van der Waals surface area contributed by atoms with E-state index in [2.05, 4.69) is 15.7 Å². The molecule has 0 fully saturated rings. The molecule has 1 unspecified atom stereocenters. The summed E-state index contributed by atoms with van der Waals surface area (Å²) in [7, 11) is 0. The Morgan fingerprint density at radius 3 is 2.60 bits per heavy atom. The smallest absolute Gasteiger partial charge is 0.221 e. The Kier molecular flexibility index (Phi) is 5.85. The highest BCUT2D eigenvalue weighted by Gasteiger charge is 2.14. The van der Waals surface area contributed by atoms with Gasteiger partial charge in [0.1, 0.15) is 5.82 Å². The van der Waals surface area contributed by atoms with E-state index in [-0.39, 0.29) is 18.0 Å². The number of nitrogens with zero attached hydrogens (tertiary/aromatic N) is 2. The lowest BCUT2D eigenvalue weighted by molar-refractivity contribution is -0.121. The van der Waals surface area contributed by atoms with Crippen molar-refractivity contribution in [2.45, 2.75) is 59.5 Å². The van der Waals surface area contributed by atoms with Gasteiger partial charge in [-0.15, -0.1) is 0 Å². The number of nitrogens with one attached hydrogen (secondary N) is 2. The molecule has 1 atom stereocenters. The third-order valence-corrected chi connectivity index (χ3v) is 3.29. The molecule has 1 amide bonds. The van der Waals surface area contributed by atoms with Crippen LogP contribution in [0.25, 0.3) is 0 Å². The maximum atomic E-state index is 11.7. The van der Waals surface area contributed by atoms with Crippen LogP contribution in [0.15, 0.2) is 0 Å². The molecular formula is C14H27N5O. The Hall–Kier alpha value is -1.72. The van der Waals surface area contributed by atoms with Gasteiger partial charge in [0.2, 0.25) is 5.91 Å². The Labute approximate surface area is 121 Å². The van der Waals surface area contributed by atoms with E-state index >= 15 is 0 Å². The highest BCUT2D eigenvalue weighted by molar-refractivity contribution is 5.77. The van der Waals surface area contributed by atoms with E-state index in [9.17, 15) is 4.79 Å². The number of hydrogen-bond donors (Lipinski definition) is 3. The van der Waals surface area contributed by atoms with E-state index in [4.69, 9.17) is 5.73 Å². The van der Waals surface area contributed by atoms with Crippen molar-refractivity contribution in [3.8, 4) is 0 Å². The lowest BCUT2D eigenvalue weighted by atomic mass is 10.2. The van der Waals surface area contributed by atoms with Gasteiger partial charge >= 0.3 is 0 Å². The van der Waals surface area contributed by atoms with E-state index in [0.29, 0.717) is 18.7 Å². The predicted octanol–water partition coefficient (Wildman–Crippen LogP) is 2.07. The maximum Gasteiger partial charge on any atom is 0.221 e. The molecule has 114 valence electrons. The molecular weight excluding hydrogens is 254 g/mol. The highest BCUT2D eigenvalue weighted by atomic mass is 16.1. The molecule has 0 aliphatic rings. The Bertz CT molecular complexity index is 453. The molecule has 1 heterocycles. The highest BCUT2D eigenvalue weighted by Crippen LogP contribution is 2.25. The summed E-state index contributed by atoms with van der Waals surface area (Å²) in [6.07, 6.45) is 1.36. The molecule has 0 saturated carbocycles. The van der Waals surface area contributed by atoms with E-state index in [0.717, 1.165) is 17.9 Å². The number of amides is 1. The fraction of sp³-hybridized carbons (Fsp3) is 0.714. The van der Waals surface area contributed by atoms with Crippen LogP contribution in [0.2, 0.25) is 0 Å². The quantitative estimate of drug-likeness (QED) is 0.714. The maximum absolute atomic E-state index is 11.7. The fourth-order valence-electron chi connectivity index (χ4n) is 1.85. The molecule has 0 radical (unpaired) electrons.